The second-order valence-electron chi connectivity index (χ2n) is 4.46. The van der Waals surface area contributed by atoms with Gasteiger partial charge in [0.25, 0.3) is 0 Å². The Kier molecular flexibility index (Phi) is 4.35. The van der Waals surface area contributed by atoms with E-state index in [-0.39, 0.29) is 5.56 Å². The molecular formula is C15H8F6O2. The highest BCUT2D eigenvalue weighted by atomic mass is 19.4. The van der Waals surface area contributed by atoms with Crippen LogP contribution < -0.4 is 4.74 Å². The highest BCUT2D eigenvalue weighted by Crippen LogP contribution is 2.41. The second-order valence-corrected chi connectivity index (χ2v) is 4.46. The molecule has 0 saturated heterocycles. The van der Waals surface area contributed by atoms with Crippen molar-refractivity contribution in [2.75, 3.05) is 0 Å². The molecule has 2 rings (SSSR count). The van der Waals surface area contributed by atoms with Crippen LogP contribution in [0.5, 0.6) is 5.75 Å². The van der Waals surface area contributed by atoms with Crippen molar-refractivity contribution in [2.45, 2.75) is 12.5 Å². The molecule has 0 atom stereocenters. The molecule has 2 aromatic carbocycles. The molecule has 0 bridgehead atoms. The highest BCUT2D eigenvalue weighted by molar-refractivity contribution is 5.82. The molecule has 0 aliphatic rings. The van der Waals surface area contributed by atoms with Gasteiger partial charge < -0.3 is 4.74 Å². The Hall–Kier alpha value is -2.51. The molecule has 0 heterocycles. The van der Waals surface area contributed by atoms with Gasteiger partial charge in [0.1, 0.15) is 12.0 Å². The molecule has 2 aromatic rings. The van der Waals surface area contributed by atoms with Crippen molar-refractivity contribution in [2.24, 2.45) is 0 Å². The molecule has 0 fully saturated rings. The molecule has 23 heavy (non-hydrogen) atoms. The maximum atomic E-state index is 13.1. The summed E-state index contributed by atoms with van der Waals surface area (Å²) in [6, 6.07) is 6.85. The van der Waals surface area contributed by atoms with Gasteiger partial charge in [0.15, 0.2) is 0 Å². The topological polar surface area (TPSA) is 26.3 Å². The summed E-state index contributed by atoms with van der Waals surface area (Å²) in [6.07, 6.45) is -9.54. The Bertz CT molecular complexity index is 719. The summed E-state index contributed by atoms with van der Waals surface area (Å²) in [4.78, 5) is 10.8. The van der Waals surface area contributed by atoms with Gasteiger partial charge in [-0.15, -0.1) is 13.2 Å². The predicted molar refractivity (Wildman–Crippen MR) is 69.0 cm³/mol. The molecular weight excluding hydrogens is 326 g/mol. The zero-order chi connectivity index (χ0) is 17.3. The normalized spacial score (nSPS) is 12.1. The summed E-state index contributed by atoms with van der Waals surface area (Å²) in [5.41, 5.74) is -2.19. The van der Waals surface area contributed by atoms with Gasteiger partial charge in [0.2, 0.25) is 0 Å². The van der Waals surface area contributed by atoms with Crippen LogP contribution in [0.15, 0.2) is 42.5 Å². The van der Waals surface area contributed by atoms with E-state index in [0.717, 1.165) is 36.4 Å². The number of hydrogen-bond donors (Lipinski definition) is 0. The van der Waals surface area contributed by atoms with Gasteiger partial charge in [-0.1, -0.05) is 18.2 Å². The summed E-state index contributed by atoms with van der Waals surface area (Å²) >= 11 is 0. The SMILES string of the molecule is O=Cc1ccc(OC(F)(F)F)c(-c2ccccc2C(F)(F)F)c1. The quantitative estimate of drug-likeness (QED) is 0.578. The van der Waals surface area contributed by atoms with Gasteiger partial charge in [0.05, 0.1) is 5.56 Å². The van der Waals surface area contributed by atoms with Crippen LogP contribution in [0.2, 0.25) is 0 Å². The Morgan fingerprint density at radius 2 is 1.52 bits per heavy atom. The van der Waals surface area contributed by atoms with E-state index in [4.69, 9.17) is 0 Å². The minimum atomic E-state index is -5.08. The maximum Gasteiger partial charge on any atom is 0.573 e. The van der Waals surface area contributed by atoms with Gasteiger partial charge in [-0.05, 0) is 29.8 Å². The first kappa shape index (κ1) is 16.9. The number of carbonyl (C=O) groups excluding carboxylic acids is 1. The average molecular weight is 334 g/mol. The number of rotatable bonds is 3. The fraction of sp³-hybridized carbons (Fsp3) is 0.133. The summed E-state index contributed by atoms with van der Waals surface area (Å²) in [7, 11) is 0. The number of carbonyl (C=O) groups is 1. The van der Waals surface area contributed by atoms with Crippen LogP contribution in [0, 0.1) is 0 Å². The van der Waals surface area contributed by atoms with E-state index in [9.17, 15) is 31.1 Å². The van der Waals surface area contributed by atoms with Crippen molar-refractivity contribution in [3.63, 3.8) is 0 Å². The summed E-state index contributed by atoms with van der Waals surface area (Å²) in [6.45, 7) is 0. The van der Waals surface area contributed by atoms with Gasteiger partial charge >= 0.3 is 12.5 Å². The predicted octanol–water partition coefficient (Wildman–Crippen LogP) is 5.08. The third-order valence-electron chi connectivity index (χ3n) is 2.89. The molecule has 0 amide bonds. The number of aldehydes is 1. The molecule has 122 valence electrons. The van der Waals surface area contributed by atoms with Crippen molar-refractivity contribution in [3.8, 4) is 16.9 Å². The van der Waals surface area contributed by atoms with Gasteiger partial charge in [-0.2, -0.15) is 13.2 Å². The van der Waals surface area contributed by atoms with Crippen molar-refractivity contribution in [3.05, 3.63) is 53.6 Å². The third kappa shape index (κ3) is 4.02. The van der Waals surface area contributed by atoms with E-state index in [2.05, 4.69) is 4.74 Å². The van der Waals surface area contributed by atoms with Crippen LogP contribution in [-0.2, 0) is 6.18 Å². The van der Waals surface area contributed by atoms with E-state index in [1.165, 1.54) is 6.07 Å². The minimum absolute atomic E-state index is 0.0773. The average Bonchev–Trinajstić information content (AvgIpc) is 2.45. The summed E-state index contributed by atoms with van der Waals surface area (Å²) in [5, 5.41) is 0. The third-order valence-corrected chi connectivity index (χ3v) is 2.89. The first-order valence-electron chi connectivity index (χ1n) is 6.13. The van der Waals surface area contributed by atoms with Gasteiger partial charge in [0, 0.05) is 11.1 Å². The smallest absolute Gasteiger partial charge is 0.405 e. The Labute approximate surface area is 126 Å². The number of benzene rings is 2. The fourth-order valence-electron chi connectivity index (χ4n) is 2.01. The van der Waals surface area contributed by atoms with Gasteiger partial charge in [-0.25, -0.2) is 0 Å². The Balaban J connectivity index is 2.69. The molecule has 0 N–H and O–H groups in total. The zero-order valence-electron chi connectivity index (χ0n) is 11.2. The molecule has 0 radical (unpaired) electrons. The van der Waals surface area contributed by atoms with Crippen molar-refractivity contribution in [1.29, 1.82) is 0 Å². The largest absolute Gasteiger partial charge is 0.573 e. The Morgan fingerprint density at radius 1 is 0.870 bits per heavy atom. The maximum absolute atomic E-state index is 13.1. The van der Waals surface area contributed by atoms with Crippen LogP contribution in [0.4, 0.5) is 26.3 Å². The van der Waals surface area contributed by atoms with Crippen molar-refractivity contribution < 1.29 is 35.9 Å². The van der Waals surface area contributed by atoms with E-state index >= 15 is 0 Å². The molecule has 2 nitrogen and oxygen atoms in total. The van der Waals surface area contributed by atoms with Gasteiger partial charge in [-0.3, -0.25) is 4.79 Å². The van der Waals surface area contributed by atoms with E-state index in [0.29, 0.717) is 6.29 Å². The van der Waals surface area contributed by atoms with E-state index < -0.39 is 35.0 Å². The fourth-order valence-corrected chi connectivity index (χ4v) is 2.01. The van der Waals surface area contributed by atoms with Crippen molar-refractivity contribution >= 4 is 6.29 Å². The number of alkyl halides is 6. The lowest BCUT2D eigenvalue weighted by Crippen LogP contribution is -2.18. The number of ether oxygens (including phenoxy) is 1. The van der Waals surface area contributed by atoms with Crippen LogP contribution in [0.1, 0.15) is 15.9 Å². The molecule has 8 heteroatoms. The number of halogens is 6. The van der Waals surface area contributed by atoms with Crippen molar-refractivity contribution in [1.82, 2.24) is 0 Å². The highest BCUT2D eigenvalue weighted by Gasteiger charge is 2.36. The molecule has 0 aliphatic heterocycles. The van der Waals surface area contributed by atoms with Crippen LogP contribution in [-0.4, -0.2) is 12.6 Å². The first-order chi connectivity index (χ1) is 10.6. The first-order valence-corrected chi connectivity index (χ1v) is 6.13. The summed E-state index contributed by atoms with van der Waals surface area (Å²) in [5.74, 6) is -0.820. The summed E-state index contributed by atoms with van der Waals surface area (Å²) < 4.78 is 80.3. The van der Waals surface area contributed by atoms with Crippen LogP contribution in [0.25, 0.3) is 11.1 Å². The molecule has 0 aliphatic carbocycles. The van der Waals surface area contributed by atoms with Crippen LogP contribution in [0.3, 0.4) is 0 Å². The monoisotopic (exact) mass is 334 g/mol. The van der Waals surface area contributed by atoms with Crippen LogP contribution >= 0.6 is 0 Å². The Morgan fingerprint density at radius 3 is 2.09 bits per heavy atom. The lowest BCUT2D eigenvalue weighted by molar-refractivity contribution is -0.274. The molecule has 0 unspecified atom stereocenters. The standard InChI is InChI=1S/C15H8F6O2/c16-14(17,18)12-4-2-1-3-10(12)11-7-9(8-22)5-6-13(11)23-15(19,20)21/h1-8H. The molecule has 0 saturated carbocycles. The molecule has 0 spiro atoms. The lowest BCUT2D eigenvalue weighted by Gasteiger charge is -2.17. The molecule has 0 aromatic heterocycles. The van der Waals surface area contributed by atoms with E-state index in [1.54, 1.807) is 0 Å². The van der Waals surface area contributed by atoms with E-state index in [1.807, 2.05) is 0 Å². The number of hydrogen-bond acceptors (Lipinski definition) is 2. The zero-order valence-corrected chi connectivity index (χ0v) is 11.2. The minimum Gasteiger partial charge on any atom is -0.405 e. The second kappa shape index (κ2) is 5.94. The lowest BCUT2D eigenvalue weighted by atomic mass is 9.97.